The quantitative estimate of drug-likeness (QED) is 0.815. The van der Waals surface area contributed by atoms with Gasteiger partial charge in [-0.05, 0) is 23.6 Å². The number of ketones is 1. The highest BCUT2D eigenvalue weighted by Gasteiger charge is 2.34. The molecule has 0 saturated carbocycles. The van der Waals surface area contributed by atoms with Gasteiger partial charge in [-0.2, -0.15) is 0 Å². The van der Waals surface area contributed by atoms with Crippen molar-refractivity contribution in [2.24, 2.45) is 5.41 Å². The number of aliphatic hydroxyl groups is 1. The lowest BCUT2D eigenvalue weighted by atomic mass is 9.76. The van der Waals surface area contributed by atoms with Crippen LogP contribution in [-0.2, 0) is 4.79 Å². The molecule has 2 rings (SSSR count). The van der Waals surface area contributed by atoms with E-state index in [1.54, 1.807) is 12.1 Å². The second-order valence-electron chi connectivity index (χ2n) is 5.73. The first-order chi connectivity index (χ1) is 9.28. The summed E-state index contributed by atoms with van der Waals surface area (Å²) in [5.74, 6) is -0.583. The van der Waals surface area contributed by atoms with Gasteiger partial charge in [-0.25, -0.2) is 4.39 Å². The molecule has 106 valence electrons. The van der Waals surface area contributed by atoms with Gasteiger partial charge in [-0.15, -0.1) is 0 Å². The average Bonchev–Trinajstić information content (AvgIpc) is 2.25. The molecule has 2 N–H and O–H groups in total. The van der Waals surface area contributed by atoms with Crippen LogP contribution >= 0.6 is 12.2 Å². The van der Waals surface area contributed by atoms with E-state index in [4.69, 9.17) is 12.2 Å². The third-order valence-electron chi connectivity index (χ3n) is 3.16. The summed E-state index contributed by atoms with van der Waals surface area (Å²) in [6.07, 6.45) is 0.733. The van der Waals surface area contributed by atoms with Crippen LogP contribution < -0.4 is 5.32 Å². The van der Waals surface area contributed by atoms with Gasteiger partial charge >= 0.3 is 0 Å². The second-order valence-corrected chi connectivity index (χ2v) is 6.14. The minimum Gasteiger partial charge on any atom is -0.511 e. The van der Waals surface area contributed by atoms with Crippen molar-refractivity contribution in [3.05, 3.63) is 41.4 Å². The van der Waals surface area contributed by atoms with Gasteiger partial charge < -0.3 is 10.4 Å². The number of hydrogen-bond acceptors (Lipinski definition) is 3. The Morgan fingerprint density at radius 2 is 2.10 bits per heavy atom. The van der Waals surface area contributed by atoms with Crippen molar-refractivity contribution in [2.45, 2.75) is 26.7 Å². The van der Waals surface area contributed by atoms with Crippen LogP contribution in [0.4, 0.5) is 10.1 Å². The number of carbonyl (C=O) groups excluding carboxylic acids is 1. The molecule has 1 aliphatic carbocycles. The molecule has 0 bridgehead atoms. The van der Waals surface area contributed by atoms with Crippen LogP contribution in [0.1, 0.15) is 26.7 Å². The van der Waals surface area contributed by atoms with E-state index in [1.165, 1.54) is 12.1 Å². The van der Waals surface area contributed by atoms with Gasteiger partial charge in [0.1, 0.15) is 16.6 Å². The van der Waals surface area contributed by atoms with Gasteiger partial charge in [0.2, 0.25) is 0 Å². The second kappa shape index (κ2) is 5.32. The van der Waals surface area contributed by atoms with Gasteiger partial charge in [0.25, 0.3) is 0 Å². The highest BCUT2D eigenvalue weighted by Crippen LogP contribution is 2.36. The molecule has 0 radical (unpaired) electrons. The van der Waals surface area contributed by atoms with E-state index >= 15 is 0 Å². The molecule has 1 aliphatic rings. The van der Waals surface area contributed by atoms with Gasteiger partial charge in [-0.3, -0.25) is 4.79 Å². The van der Waals surface area contributed by atoms with Gasteiger partial charge in [0.15, 0.2) is 5.78 Å². The van der Waals surface area contributed by atoms with Crippen molar-refractivity contribution in [2.75, 3.05) is 5.32 Å². The summed E-state index contributed by atoms with van der Waals surface area (Å²) in [6, 6.07) is 5.78. The number of anilines is 1. The van der Waals surface area contributed by atoms with Crippen LogP contribution in [0, 0.1) is 11.2 Å². The molecule has 0 fully saturated rings. The Hall–Kier alpha value is -1.75. The summed E-state index contributed by atoms with van der Waals surface area (Å²) in [4.78, 5) is 12.2. The maximum atomic E-state index is 13.1. The highest BCUT2D eigenvalue weighted by atomic mass is 32.1. The Morgan fingerprint density at radius 3 is 2.70 bits per heavy atom. The Kier molecular flexibility index (Phi) is 3.90. The Morgan fingerprint density at radius 1 is 1.40 bits per heavy atom. The third kappa shape index (κ3) is 3.22. The van der Waals surface area contributed by atoms with E-state index in [2.05, 4.69) is 5.32 Å². The number of thiocarbonyl (C=S) groups is 1. The first-order valence-electron chi connectivity index (χ1n) is 6.31. The number of hydrogen-bond donors (Lipinski definition) is 2. The molecule has 0 unspecified atom stereocenters. The van der Waals surface area contributed by atoms with Crippen molar-refractivity contribution in [1.82, 2.24) is 0 Å². The Bertz CT molecular complexity index is 608. The van der Waals surface area contributed by atoms with Gasteiger partial charge in [0.05, 0.1) is 5.57 Å². The van der Waals surface area contributed by atoms with Gasteiger partial charge in [-0.1, -0.05) is 32.1 Å². The van der Waals surface area contributed by atoms with Crippen molar-refractivity contribution in [1.29, 1.82) is 0 Å². The fourth-order valence-electron chi connectivity index (χ4n) is 2.31. The first kappa shape index (κ1) is 14.7. The molecule has 3 nitrogen and oxygen atoms in total. The topological polar surface area (TPSA) is 49.3 Å². The molecule has 1 aromatic rings. The summed E-state index contributed by atoms with van der Waals surface area (Å²) in [6.45, 7) is 3.84. The lowest BCUT2D eigenvalue weighted by Gasteiger charge is -2.29. The summed E-state index contributed by atoms with van der Waals surface area (Å²) in [7, 11) is 0. The molecule has 0 aliphatic heterocycles. The predicted molar refractivity (Wildman–Crippen MR) is 80.3 cm³/mol. The summed E-state index contributed by atoms with van der Waals surface area (Å²) in [5, 5.41) is 12.8. The van der Waals surface area contributed by atoms with Crippen LogP contribution in [0.5, 0.6) is 0 Å². The standard InChI is InChI=1S/C15H16FNO2S/c1-15(2)7-11(18)13(12(19)8-15)14(20)17-10-5-3-4-9(16)6-10/h3-6,18H,7-8H2,1-2H3,(H,17,20). The number of Topliss-reactive ketones (excluding diaryl/α,β-unsaturated/α-hetero) is 1. The van der Waals surface area contributed by atoms with E-state index in [0.717, 1.165) is 0 Å². The van der Waals surface area contributed by atoms with Crippen molar-refractivity contribution in [3.8, 4) is 0 Å². The number of nitrogens with one attached hydrogen (secondary N) is 1. The van der Waals surface area contributed by atoms with Crippen LogP contribution in [0.25, 0.3) is 0 Å². The van der Waals surface area contributed by atoms with Crippen molar-refractivity contribution < 1.29 is 14.3 Å². The molecule has 0 amide bonds. The highest BCUT2D eigenvalue weighted by molar-refractivity contribution is 7.81. The molecular weight excluding hydrogens is 277 g/mol. The summed E-state index contributed by atoms with van der Waals surface area (Å²) in [5.41, 5.74) is 0.329. The smallest absolute Gasteiger partial charge is 0.169 e. The normalized spacial score (nSPS) is 18.1. The molecule has 1 aromatic carbocycles. The van der Waals surface area contributed by atoms with E-state index in [0.29, 0.717) is 18.5 Å². The zero-order chi connectivity index (χ0) is 14.9. The van der Waals surface area contributed by atoms with Gasteiger partial charge in [0, 0.05) is 18.5 Å². The Balaban J connectivity index is 2.23. The maximum absolute atomic E-state index is 13.1. The lowest BCUT2D eigenvalue weighted by molar-refractivity contribution is -0.117. The zero-order valence-corrected chi connectivity index (χ0v) is 12.2. The molecular formula is C15H16FNO2S. The molecule has 0 saturated heterocycles. The molecule has 20 heavy (non-hydrogen) atoms. The van der Waals surface area contributed by atoms with E-state index in [9.17, 15) is 14.3 Å². The largest absolute Gasteiger partial charge is 0.511 e. The van der Waals surface area contributed by atoms with E-state index in [-0.39, 0.29) is 27.5 Å². The van der Waals surface area contributed by atoms with Crippen molar-refractivity contribution >= 4 is 28.7 Å². The minimum absolute atomic E-state index is 0.000142. The first-order valence-corrected chi connectivity index (χ1v) is 6.71. The number of carbonyl (C=O) groups is 1. The SMILES string of the molecule is CC1(C)CC(=O)C(C(=S)Nc2cccc(F)c2)=C(O)C1. The molecule has 0 spiro atoms. The minimum atomic E-state index is -0.396. The van der Waals surface area contributed by atoms with Crippen LogP contribution in [0.2, 0.25) is 0 Å². The number of rotatable bonds is 2. The Labute approximate surface area is 122 Å². The van der Waals surface area contributed by atoms with Crippen molar-refractivity contribution in [3.63, 3.8) is 0 Å². The van der Waals surface area contributed by atoms with E-state index in [1.807, 2.05) is 13.8 Å². The summed E-state index contributed by atoms with van der Waals surface area (Å²) >= 11 is 5.16. The monoisotopic (exact) mass is 293 g/mol. The maximum Gasteiger partial charge on any atom is 0.169 e. The molecule has 5 heteroatoms. The number of benzene rings is 1. The fourth-order valence-corrected chi connectivity index (χ4v) is 2.66. The third-order valence-corrected chi connectivity index (χ3v) is 3.47. The molecule has 0 aromatic heterocycles. The predicted octanol–water partition coefficient (Wildman–Crippen LogP) is 3.77. The van der Waals surface area contributed by atoms with Crippen LogP contribution in [0.15, 0.2) is 35.6 Å². The van der Waals surface area contributed by atoms with Crippen LogP contribution in [-0.4, -0.2) is 15.9 Å². The zero-order valence-electron chi connectivity index (χ0n) is 11.4. The molecule has 0 heterocycles. The van der Waals surface area contributed by atoms with E-state index < -0.39 is 5.82 Å². The summed E-state index contributed by atoms with van der Waals surface area (Å²) < 4.78 is 13.1. The van der Waals surface area contributed by atoms with Crippen LogP contribution in [0.3, 0.4) is 0 Å². The average molecular weight is 293 g/mol. The lowest BCUT2D eigenvalue weighted by Crippen LogP contribution is -2.31. The number of aliphatic hydroxyl groups excluding tert-OH is 1. The molecule has 0 atom stereocenters. The number of halogens is 1. The number of allylic oxidation sites excluding steroid dienone is 1. The fraction of sp³-hybridized carbons (Fsp3) is 0.333.